The third kappa shape index (κ3) is 4.82. The number of amides is 1. The van der Waals surface area contributed by atoms with E-state index in [1.807, 2.05) is 0 Å². The molecule has 1 aromatic rings. The van der Waals surface area contributed by atoms with Crippen molar-refractivity contribution in [3.8, 4) is 5.75 Å². The molecule has 0 saturated carbocycles. The number of carbonyl (C=O) groups is 2. The number of nitrogens with zero attached hydrogens (tertiary/aromatic N) is 1. The summed E-state index contributed by atoms with van der Waals surface area (Å²) in [7, 11) is 1.39. The van der Waals surface area contributed by atoms with Crippen molar-refractivity contribution in [1.82, 2.24) is 4.98 Å². The van der Waals surface area contributed by atoms with Crippen LogP contribution in [0.3, 0.4) is 0 Å². The normalized spacial score (nSPS) is 10.7. The Labute approximate surface area is 110 Å². The van der Waals surface area contributed by atoms with Crippen molar-refractivity contribution in [2.75, 3.05) is 12.4 Å². The zero-order valence-corrected chi connectivity index (χ0v) is 11.2. The Morgan fingerprint density at radius 1 is 1.32 bits per heavy atom. The first kappa shape index (κ1) is 14.7. The molecule has 0 fully saturated rings. The predicted octanol–water partition coefficient (Wildman–Crippen LogP) is 2.14. The Kier molecular flexibility index (Phi) is 4.31. The average molecular weight is 268 g/mol. The number of carboxylic acids is 1. The van der Waals surface area contributed by atoms with Crippen molar-refractivity contribution in [2.45, 2.75) is 26.4 Å². The SMILES string of the molecule is COc1cc(NC(=O)OC(C)(C)C)nc(C(=O)O)c1. The van der Waals surface area contributed by atoms with Gasteiger partial charge in [-0.15, -0.1) is 0 Å². The number of rotatable bonds is 3. The van der Waals surface area contributed by atoms with Gasteiger partial charge in [-0.05, 0) is 20.8 Å². The van der Waals surface area contributed by atoms with Gasteiger partial charge in [0, 0.05) is 12.1 Å². The second-order valence-electron chi connectivity index (χ2n) is 4.71. The van der Waals surface area contributed by atoms with Crippen molar-refractivity contribution >= 4 is 17.9 Å². The number of hydrogen-bond acceptors (Lipinski definition) is 5. The Morgan fingerprint density at radius 3 is 2.42 bits per heavy atom. The summed E-state index contributed by atoms with van der Waals surface area (Å²) in [6, 6.07) is 2.65. The lowest BCUT2D eigenvalue weighted by atomic mass is 10.2. The second kappa shape index (κ2) is 5.55. The quantitative estimate of drug-likeness (QED) is 0.871. The van der Waals surface area contributed by atoms with Crippen LogP contribution in [0.2, 0.25) is 0 Å². The molecule has 1 aromatic heterocycles. The van der Waals surface area contributed by atoms with Gasteiger partial charge in [0.15, 0.2) is 5.69 Å². The summed E-state index contributed by atoms with van der Waals surface area (Å²) in [6.45, 7) is 5.15. The maximum atomic E-state index is 11.5. The Hall–Kier alpha value is -2.31. The van der Waals surface area contributed by atoms with Crippen LogP contribution in [-0.4, -0.2) is 34.9 Å². The number of carboxylic acid groups (broad SMARTS) is 1. The number of methoxy groups -OCH3 is 1. The van der Waals surface area contributed by atoms with Gasteiger partial charge in [0.1, 0.15) is 17.2 Å². The van der Waals surface area contributed by atoms with Gasteiger partial charge in [-0.1, -0.05) is 0 Å². The zero-order chi connectivity index (χ0) is 14.6. The highest BCUT2D eigenvalue weighted by atomic mass is 16.6. The Balaban J connectivity index is 2.91. The van der Waals surface area contributed by atoms with E-state index in [0.717, 1.165) is 0 Å². The number of ether oxygens (including phenoxy) is 2. The van der Waals surface area contributed by atoms with Crippen molar-refractivity contribution in [3.05, 3.63) is 17.8 Å². The first-order valence-electron chi connectivity index (χ1n) is 5.50. The molecule has 0 aliphatic rings. The molecule has 0 aliphatic carbocycles. The van der Waals surface area contributed by atoms with Crippen LogP contribution in [0.4, 0.5) is 10.6 Å². The van der Waals surface area contributed by atoms with Crippen LogP contribution in [0.25, 0.3) is 0 Å². The van der Waals surface area contributed by atoms with E-state index in [-0.39, 0.29) is 17.3 Å². The highest BCUT2D eigenvalue weighted by Crippen LogP contribution is 2.18. The van der Waals surface area contributed by atoms with Crippen LogP contribution < -0.4 is 10.1 Å². The van der Waals surface area contributed by atoms with Crippen LogP contribution >= 0.6 is 0 Å². The minimum absolute atomic E-state index is 0.0472. The summed E-state index contributed by atoms with van der Waals surface area (Å²) in [4.78, 5) is 26.2. The molecule has 0 spiro atoms. The summed E-state index contributed by atoms with van der Waals surface area (Å²) < 4.78 is 9.97. The summed E-state index contributed by atoms with van der Waals surface area (Å²) >= 11 is 0. The molecule has 0 unspecified atom stereocenters. The average Bonchev–Trinajstić information content (AvgIpc) is 2.25. The van der Waals surface area contributed by atoms with E-state index >= 15 is 0 Å². The third-order valence-corrected chi connectivity index (χ3v) is 1.88. The molecule has 0 aromatic carbocycles. The molecule has 2 N–H and O–H groups in total. The third-order valence-electron chi connectivity index (χ3n) is 1.88. The summed E-state index contributed by atoms with van der Waals surface area (Å²) in [5.74, 6) is -0.893. The van der Waals surface area contributed by atoms with Crippen molar-refractivity contribution in [2.24, 2.45) is 0 Å². The van der Waals surface area contributed by atoms with Crippen LogP contribution in [-0.2, 0) is 4.74 Å². The van der Waals surface area contributed by atoms with Gasteiger partial charge in [0.05, 0.1) is 7.11 Å². The van der Waals surface area contributed by atoms with Crippen LogP contribution in [0, 0.1) is 0 Å². The lowest BCUT2D eigenvalue weighted by Gasteiger charge is -2.19. The van der Waals surface area contributed by atoms with E-state index in [1.165, 1.54) is 19.2 Å². The number of anilines is 1. The highest BCUT2D eigenvalue weighted by Gasteiger charge is 2.17. The molecular weight excluding hydrogens is 252 g/mol. The first-order chi connectivity index (χ1) is 8.71. The van der Waals surface area contributed by atoms with Crippen LogP contribution in [0.5, 0.6) is 5.75 Å². The Morgan fingerprint density at radius 2 is 1.95 bits per heavy atom. The lowest BCUT2D eigenvalue weighted by Crippen LogP contribution is -2.27. The molecule has 0 radical (unpaired) electrons. The molecule has 0 saturated heterocycles. The molecule has 7 heteroatoms. The molecule has 1 heterocycles. The summed E-state index contributed by atoms with van der Waals surface area (Å²) in [6.07, 6.45) is -0.718. The summed E-state index contributed by atoms with van der Waals surface area (Å²) in [5.41, 5.74) is -0.885. The lowest BCUT2D eigenvalue weighted by molar-refractivity contribution is 0.0631. The number of aromatic carboxylic acids is 1. The molecule has 0 aliphatic heterocycles. The zero-order valence-electron chi connectivity index (χ0n) is 11.2. The summed E-state index contributed by atoms with van der Waals surface area (Å²) in [5, 5.41) is 11.2. The molecule has 104 valence electrons. The molecular formula is C12H16N2O5. The van der Waals surface area contributed by atoms with Gasteiger partial charge in [0.2, 0.25) is 0 Å². The molecule has 0 atom stereocenters. The molecule has 0 bridgehead atoms. The Bertz CT molecular complexity index is 493. The minimum Gasteiger partial charge on any atom is -0.497 e. The molecule has 19 heavy (non-hydrogen) atoms. The topological polar surface area (TPSA) is 97.8 Å². The van der Waals surface area contributed by atoms with Crippen molar-refractivity contribution in [1.29, 1.82) is 0 Å². The number of pyridine rings is 1. The van der Waals surface area contributed by atoms with Crippen molar-refractivity contribution < 1.29 is 24.2 Å². The van der Waals surface area contributed by atoms with Gasteiger partial charge in [-0.25, -0.2) is 14.6 Å². The smallest absolute Gasteiger partial charge is 0.413 e. The van der Waals surface area contributed by atoms with Crippen LogP contribution in [0.15, 0.2) is 12.1 Å². The number of carbonyl (C=O) groups excluding carboxylic acids is 1. The van der Waals surface area contributed by atoms with Gasteiger partial charge in [-0.2, -0.15) is 0 Å². The fraction of sp³-hybridized carbons (Fsp3) is 0.417. The minimum atomic E-state index is -1.22. The monoisotopic (exact) mass is 268 g/mol. The van der Waals surface area contributed by atoms with Gasteiger partial charge in [0.25, 0.3) is 0 Å². The number of aromatic nitrogens is 1. The van der Waals surface area contributed by atoms with E-state index in [4.69, 9.17) is 14.6 Å². The second-order valence-corrected chi connectivity index (χ2v) is 4.71. The largest absolute Gasteiger partial charge is 0.497 e. The standard InChI is InChI=1S/C12H16N2O5/c1-12(2,3)19-11(17)14-9-6-7(18-4)5-8(13-9)10(15)16/h5-6H,1-4H3,(H,15,16)(H,13,14,17). The van der Waals surface area contributed by atoms with Gasteiger partial charge in [-0.3, -0.25) is 5.32 Å². The number of hydrogen-bond donors (Lipinski definition) is 2. The van der Waals surface area contributed by atoms with Gasteiger partial charge < -0.3 is 14.6 Å². The molecule has 1 amide bonds. The predicted molar refractivity (Wildman–Crippen MR) is 67.6 cm³/mol. The van der Waals surface area contributed by atoms with E-state index in [0.29, 0.717) is 0 Å². The van der Waals surface area contributed by atoms with E-state index in [1.54, 1.807) is 20.8 Å². The highest BCUT2D eigenvalue weighted by molar-refractivity contribution is 5.88. The van der Waals surface area contributed by atoms with E-state index in [2.05, 4.69) is 10.3 Å². The van der Waals surface area contributed by atoms with Crippen molar-refractivity contribution in [3.63, 3.8) is 0 Å². The maximum Gasteiger partial charge on any atom is 0.413 e. The molecule has 7 nitrogen and oxygen atoms in total. The molecule has 1 rings (SSSR count). The first-order valence-corrected chi connectivity index (χ1v) is 5.50. The fourth-order valence-electron chi connectivity index (χ4n) is 1.21. The number of nitrogens with one attached hydrogen (secondary N) is 1. The van der Waals surface area contributed by atoms with E-state index in [9.17, 15) is 9.59 Å². The maximum absolute atomic E-state index is 11.5. The fourth-order valence-corrected chi connectivity index (χ4v) is 1.21. The van der Waals surface area contributed by atoms with Crippen LogP contribution in [0.1, 0.15) is 31.3 Å². The van der Waals surface area contributed by atoms with Gasteiger partial charge >= 0.3 is 12.1 Å². The van der Waals surface area contributed by atoms with E-state index < -0.39 is 17.7 Å².